The number of rotatable bonds is 3. The van der Waals surface area contributed by atoms with Crippen LogP contribution in [0.25, 0.3) is 0 Å². The molecule has 2 N–H and O–H groups in total. The van der Waals surface area contributed by atoms with Gasteiger partial charge < -0.3 is 10.6 Å². The van der Waals surface area contributed by atoms with Crippen molar-refractivity contribution < 1.29 is 9.18 Å². The van der Waals surface area contributed by atoms with Gasteiger partial charge in [0, 0.05) is 12.7 Å². The van der Waals surface area contributed by atoms with Crippen molar-refractivity contribution in [1.82, 2.24) is 4.98 Å². The van der Waals surface area contributed by atoms with Crippen molar-refractivity contribution in [2.45, 2.75) is 6.92 Å². The van der Waals surface area contributed by atoms with Crippen LogP contribution < -0.4 is 10.6 Å². The number of pyridine rings is 1. The van der Waals surface area contributed by atoms with Gasteiger partial charge in [0.25, 0.3) is 5.91 Å². The SMILES string of the molecule is CNc1ccc(C(=O)Nc2ccc(C)c(F)c2)nc1. The number of aromatic nitrogens is 1. The maximum atomic E-state index is 13.4. The van der Waals surface area contributed by atoms with Gasteiger partial charge in [-0.25, -0.2) is 9.37 Å². The third-order valence-electron chi connectivity index (χ3n) is 2.71. The summed E-state index contributed by atoms with van der Waals surface area (Å²) in [6, 6.07) is 7.90. The summed E-state index contributed by atoms with van der Waals surface area (Å²) in [6.07, 6.45) is 1.56. The van der Waals surface area contributed by atoms with Gasteiger partial charge in [0.15, 0.2) is 0 Å². The number of hydrogen-bond donors (Lipinski definition) is 2. The minimum atomic E-state index is -0.370. The second-order valence-corrected chi connectivity index (χ2v) is 4.10. The number of aryl methyl sites for hydroxylation is 1. The van der Waals surface area contributed by atoms with Crippen molar-refractivity contribution in [3.05, 3.63) is 53.6 Å². The van der Waals surface area contributed by atoms with Crippen LogP contribution in [0.15, 0.2) is 36.5 Å². The van der Waals surface area contributed by atoms with E-state index in [1.165, 1.54) is 6.07 Å². The van der Waals surface area contributed by atoms with Crippen LogP contribution in [-0.4, -0.2) is 17.9 Å². The van der Waals surface area contributed by atoms with E-state index in [1.807, 2.05) is 0 Å². The standard InChI is InChI=1S/C14H14FN3O/c1-9-3-4-10(7-12(9)15)18-14(19)13-6-5-11(16-2)8-17-13/h3-8,16H,1-2H3,(H,18,19). The van der Waals surface area contributed by atoms with E-state index in [1.54, 1.807) is 44.4 Å². The number of amides is 1. The van der Waals surface area contributed by atoms with Gasteiger partial charge in [0.1, 0.15) is 11.5 Å². The largest absolute Gasteiger partial charge is 0.387 e. The number of nitrogens with zero attached hydrogens (tertiary/aromatic N) is 1. The highest BCUT2D eigenvalue weighted by Crippen LogP contribution is 2.14. The van der Waals surface area contributed by atoms with E-state index in [4.69, 9.17) is 0 Å². The molecule has 0 aliphatic rings. The van der Waals surface area contributed by atoms with Gasteiger partial charge in [-0.3, -0.25) is 4.79 Å². The Hall–Kier alpha value is -2.43. The van der Waals surface area contributed by atoms with Gasteiger partial charge in [-0.15, -0.1) is 0 Å². The van der Waals surface area contributed by atoms with Crippen molar-refractivity contribution in [2.24, 2.45) is 0 Å². The molecule has 1 aromatic carbocycles. The summed E-state index contributed by atoms with van der Waals surface area (Å²) >= 11 is 0. The Labute approximate surface area is 110 Å². The van der Waals surface area contributed by atoms with Crippen molar-refractivity contribution in [2.75, 3.05) is 17.7 Å². The Morgan fingerprint density at radius 1 is 1.21 bits per heavy atom. The van der Waals surface area contributed by atoms with E-state index in [0.29, 0.717) is 11.3 Å². The molecule has 19 heavy (non-hydrogen) atoms. The summed E-state index contributed by atoms with van der Waals surface area (Å²) in [6.45, 7) is 1.67. The predicted molar refractivity (Wildman–Crippen MR) is 72.9 cm³/mol. The minimum Gasteiger partial charge on any atom is -0.387 e. The molecular weight excluding hydrogens is 245 g/mol. The Bertz CT molecular complexity index is 596. The highest BCUT2D eigenvalue weighted by Gasteiger charge is 2.08. The maximum absolute atomic E-state index is 13.4. The lowest BCUT2D eigenvalue weighted by Gasteiger charge is -2.06. The molecule has 0 aliphatic carbocycles. The number of anilines is 2. The summed E-state index contributed by atoms with van der Waals surface area (Å²) in [5, 5.41) is 5.51. The third-order valence-corrected chi connectivity index (χ3v) is 2.71. The molecule has 5 heteroatoms. The monoisotopic (exact) mass is 259 g/mol. The number of nitrogens with one attached hydrogen (secondary N) is 2. The first kappa shape index (κ1) is 13.0. The summed E-state index contributed by atoms with van der Waals surface area (Å²) in [5.41, 5.74) is 2.04. The summed E-state index contributed by atoms with van der Waals surface area (Å²) in [5.74, 6) is -0.720. The molecule has 0 saturated heterocycles. The molecule has 0 unspecified atom stereocenters. The molecule has 0 atom stereocenters. The van der Waals surface area contributed by atoms with Gasteiger partial charge >= 0.3 is 0 Å². The predicted octanol–water partition coefficient (Wildman–Crippen LogP) is 2.82. The van der Waals surface area contributed by atoms with Gasteiger partial charge in [-0.05, 0) is 36.8 Å². The Morgan fingerprint density at radius 2 is 1.95 bits per heavy atom. The molecule has 0 radical (unpaired) electrons. The van der Waals surface area contributed by atoms with E-state index in [-0.39, 0.29) is 17.4 Å². The van der Waals surface area contributed by atoms with Crippen LogP contribution in [0.5, 0.6) is 0 Å². The first-order valence-corrected chi connectivity index (χ1v) is 5.81. The molecule has 2 rings (SSSR count). The smallest absolute Gasteiger partial charge is 0.274 e. The van der Waals surface area contributed by atoms with Crippen LogP contribution >= 0.6 is 0 Å². The number of carbonyl (C=O) groups excluding carboxylic acids is 1. The fourth-order valence-electron chi connectivity index (χ4n) is 1.54. The molecule has 2 aromatic rings. The maximum Gasteiger partial charge on any atom is 0.274 e. The van der Waals surface area contributed by atoms with E-state index < -0.39 is 0 Å². The molecule has 4 nitrogen and oxygen atoms in total. The highest BCUT2D eigenvalue weighted by atomic mass is 19.1. The van der Waals surface area contributed by atoms with Crippen molar-refractivity contribution in [3.63, 3.8) is 0 Å². The zero-order chi connectivity index (χ0) is 13.8. The average Bonchev–Trinajstić information content (AvgIpc) is 2.43. The molecule has 1 aromatic heterocycles. The lowest BCUT2D eigenvalue weighted by Crippen LogP contribution is -2.13. The van der Waals surface area contributed by atoms with Gasteiger partial charge in [0.05, 0.1) is 11.9 Å². The Balaban J connectivity index is 2.13. The fraction of sp³-hybridized carbons (Fsp3) is 0.143. The molecule has 1 amide bonds. The summed E-state index contributed by atoms with van der Waals surface area (Å²) in [7, 11) is 1.77. The molecule has 0 bridgehead atoms. The van der Waals surface area contributed by atoms with E-state index >= 15 is 0 Å². The lowest BCUT2D eigenvalue weighted by molar-refractivity contribution is 0.102. The van der Waals surface area contributed by atoms with Crippen LogP contribution in [0.2, 0.25) is 0 Å². The first-order valence-electron chi connectivity index (χ1n) is 5.81. The van der Waals surface area contributed by atoms with E-state index in [9.17, 15) is 9.18 Å². The first-order chi connectivity index (χ1) is 9.10. The topological polar surface area (TPSA) is 54.0 Å². The zero-order valence-electron chi connectivity index (χ0n) is 10.7. The van der Waals surface area contributed by atoms with Crippen LogP contribution in [0.3, 0.4) is 0 Å². The second kappa shape index (κ2) is 5.48. The molecule has 0 aliphatic heterocycles. The Morgan fingerprint density at radius 3 is 2.53 bits per heavy atom. The number of carbonyl (C=O) groups is 1. The average molecular weight is 259 g/mol. The highest BCUT2D eigenvalue weighted by molar-refractivity contribution is 6.02. The van der Waals surface area contributed by atoms with Crippen LogP contribution in [-0.2, 0) is 0 Å². The lowest BCUT2D eigenvalue weighted by atomic mass is 10.2. The second-order valence-electron chi connectivity index (χ2n) is 4.10. The summed E-state index contributed by atoms with van der Waals surface area (Å²) < 4.78 is 13.4. The molecule has 0 saturated carbocycles. The van der Waals surface area contributed by atoms with E-state index in [0.717, 1.165) is 5.69 Å². The van der Waals surface area contributed by atoms with Crippen molar-refractivity contribution in [3.8, 4) is 0 Å². The molecule has 0 fully saturated rings. The van der Waals surface area contributed by atoms with Crippen LogP contribution in [0, 0.1) is 12.7 Å². The van der Waals surface area contributed by atoms with Gasteiger partial charge in [-0.1, -0.05) is 6.07 Å². The quantitative estimate of drug-likeness (QED) is 0.891. The van der Waals surface area contributed by atoms with Crippen LogP contribution in [0.4, 0.5) is 15.8 Å². The molecule has 0 spiro atoms. The third kappa shape index (κ3) is 3.07. The van der Waals surface area contributed by atoms with Gasteiger partial charge in [-0.2, -0.15) is 0 Å². The van der Waals surface area contributed by atoms with Crippen LogP contribution in [0.1, 0.15) is 16.1 Å². The molecule has 98 valence electrons. The fourth-order valence-corrected chi connectivity index (χ4v) is 1.54. The zero-order valence-corrected chi connectivity index (χ0v) is 10.7. The van der Waals surface area contributed by atoms with Crippen molar-refractivity contribution in [1.29, 1.82) is 0 Å². The van der Waals surface area contributed by atoms with Gasteiger partial charge in [0.2, 0.25) is 0 Å². The Kier molecular flexibility index (Phi) is 3.75. The molecular formula is C14H14FN3O. The normalized spacial score (nSPS) is 10.1. The number of hydrogen-bond acceptors (Lipinski definition) is 3. The molecule has 1 heterocycles. The van der Waals surface area contributed by atoms with E-state index in [2.05, 4.69) is 15.6 Å². The number of benzene rings is 1. The minimum absolute atomic E-state index is 0.278. The van der Waals surface area contributed by atoms with Crippen molar-refractivity contribution >= 4 is 17.3 Å². The number of halogens is 1. The summed E-state index contributed by atoms with van der Waals surface area (Å²) in [4.78, 5) is 15.9.